The second kappa shape index (κ2) is 5.32. The zero-order chi connectivity index (χ0) is 16.9. The predicted octanol–water partition coefficient (Wildman–Crippen LogP) is 1.55. The molecule has 6 nitrogen and oxygen atoms in total. The van der Waals surface area contributed by atoms with Crippen LogP contribution in [-0.4, -0.2) is 45.3 Å². The fraction of sp³-hybridized carbons (Fsp3) is 0.688. The summed E-state index contributed by atoms with van der Waals surface area (Å²) in [7, 11) is 0. The van der Waals surface area contributed by atoms with Gasteiger partial charge in [0.25, 0.3) is 5.91 Å². The molecule has 1 aromatic heterocycles. The van der Waals surface area contributed by atoms with Gasteiger partial charge in [-0.05, 0) is 39.7 Å². The van der Waals surface area contributed by atoms with Crippen molar-refractivity contribution in [2.45, 2.75) is 63.7 Å². The summed E-state index contributed by atoms with van der Waals surface area (Å²) in [5, 5.41) is 4.46. The smallest absolute Gasteiger partial charge is 0.275 e. The quantitative estimate of drug-likeness (QED) is 0.917. The Balaban J connectivity index is 1.92. The Morgan fingerprint density at radius 2 is 2.00 bits per heavy atom. The molecule has 1 saturated carbocycles. The van der Waals surface area contributed by atoms with E-state index < -0.39 is 24.0 Å². The summed E-state index contributed by atoms with van der Waals surface area (Å²) in [4.78, 5) is 25.4. The molecule has 2 N–H and O–H groups in total. The van der Waals surface area contributed by atoms with E-state index >= 15 is 0 Å². The predicted molar refractivity (Wildman–Crippen MR) is 82.7 cm³/mol. The van der Waals surface area contributed by atoms with Crippen LogP contribution in [0.25, 0.3) is 0 Å². The molecule has 2 atom stereocenters. The summed E-state index contributed by atoms with van der Waals surface area (Å²) in [6, 6.07) is 0.899. The van der Waals surface area contributed by atoms with E-state index in [0.29, 0.717) is 5.92 Å². The molecule has 126 valence electrons. The largest absolute Gasteiger partial charge is 0.368 e. The molecule has 2 fully saturated rings. The summed E-state index contributed by atoms with van der Waals surface area (Å²) < 4.78 is 15.5. The topological polar surface area (TPSA) is 81.2 Å². The van der Waals surface area contributed by atoms with E-state index in [4.69, 9.17) is 5.73 Å². The fourth-order valence-corrected chi connectivity index (χ4v) is 3.13. The van der Waals surface area contributed by atoms with E-state index in [1.54, 1.807) is 6.07 Å². The maximum atomic E-state index is 13.6. The fourth-order valence-electron chi connectivity index (χ4n) is 3.13. The SMILES string of the molecule is CC(C)(C)n1nc(C(=O)N2C[C@H](F)C[C@H]2C(N)=O)cc1C1CC1. The molecule has 0 spiro atoms. The molecule has 0 aromatic carbocycles. The Morgan fingerprint density at radius 3 is 2.52 bits per heavy atom. The number of halogens is 1. The minimum atomic E-state index is -1.22. The van der Waals surface area contributed by atoms with E-state index in [9.17, 15) is 14.0 Å². The van der Waals surface area contributed by atoms with Crippen LogP contribution in [0.3, 0.4) is 0 Å². The molecule has 2 amide bonds. The minimum absolute atomic E-state index is 0.0312. The third-order valence-corrected chi connectivity index (χ3v) is 4.43. The van der Waals surface area contributed by atoms with Gasteiger partial charge in [-0.3, -0.25) is 14.3 Å². The van der Waals surface area contributed by atoms with Crippen molar-refractivity contribution in [3.63, 3.8) is 0 Å². The van der Waals surface area contributed by atoms with Crippen LogP contribution >= 0.6 is 0 Å². The van der Waals surface area contributed by atoms with Crippen LogP contribution in [0.4, 0.5) is 4.39 Å². The molecule has 3 rings (SSSR count). The molecule has 0 bridgehead atoms. The highest BCUT2D eigenvalue weighted by molar-refractivity contribution is 5.96. The van der Waals surface area contributed by atoms with Crippen molar-refractivity contribution < 1.29 is 14.0 Å². The number of primary amides is 1. The Hall–Kier alpha value is -1.92. The average molecular weight is 322 g/mol. The number of nitrogens with zero attached hydrogens (tertiary/aromatic N) is 3. The van der Waals surface area contributed by atoms with Gasteiger partial charge in [-0.1, -0.05) is 0 Å². The van der Waals surface area contributed by atoms with Crippen LogP contribution in [0.2, 0.25) is 0 Å². The highest BCUT2D eigenvalue weighted by atomic mass is 19.1. The van der Waals surface area contributed by atoms with Gasteiger partial charge in [0.2, 0.25) is 5.91 Å². The second-order valence-corrected chi connectivity index (χ2v) is 7.52. The molecule has 0 unspecified atom stereocenters. The number of aromatic nitrogens is 2. The molecule has 2 heterocycles. The summed E-state index contributed by atoms with van der Waals surface area (Å²) in [5.74, 6) is -0.655. The van der Waals surface area contributed by atoms with Gasteiger partial charge in [0.15, 0.2) is 5.69 Å². The van der Waals surface area contributed by atoms with Crippen LogP contribution in [0.15, 0.2) is 6.07 Å². The summed E-state index contributed by atoms with van der Waals surface area (Å²) in [6.45, 7) is 5.98. The Kier molecular flexibility index (Phi) is 3.69. The van der Waals surface area contributed by atoms with Crippen LogP contribution in [0, 0.1) is 0 Å². The maximum Gasteiger partial charge on any atom is 0.275 e. The normalized spacial score (nSPS) is 25.0. The monoisotopic (exact) mass is 322 g/mol. The molecule has 0 radical (unpaired) electrons. The summed E-state index contributed by atoms with van der Waals surface area (Å²) in [5.41, 5.74) is 6.36. The lowest BCUT2D eigenvalue weighted by Gasteiger charge is -2.23. The van der Waals surface area contributed by atoms with Gasteiger partial charge in [-0.15, -0.1) is 0 Å². The molecule has 1 aromatic rings. The highest BCUT2D eigenvalue weighted by Crippen LogP contribution is 2.42. The highest BCUT2D eigenvalue weighted by Gasteiger charge is 2.41. The number of rotatable bonds is 3. The van der Waals surface area contributed by atoms with E-state index in [1.807, 2.05) is 25.5 Å². The van der Waals surface area contributed by atoms with Gasteiger partial charge in [-0.25, -0.2) is 4.39 Å². The number of hydrogen-bond donors (Lipinski definition) is 1. The third kappa shape index (κ3) is 2.96. The second-order valence-electron chi connectivity index (χ2n) is 7.52. The number of amides is 2. The van der Waals surface area contributed by atoms with Crippen molar-refractivity contribution in [3.05, 3.63) is 17.5 Å². The maximum absolute atomic E-state index is 13.6. The van der Waals surface area contributed by atoms with E-state index in [2.05, 4.69) is 5.10 Å². The minimum Gasteiger partial charge on any atom is -0.368 e. The van der Waals surface area contributed by atoms with Crippen molar-refractivity contribution in [2.24, 2.45) is 5.73 Å². The third-order valence-electron chi connectivity index (χ3n) is 4.43. The molecule has 2 aliphatic rings. The van der Waals surface area contributed by atoms with Gasteiger partial charge in [0.1, 0.15) is 12.2 Å². The van der Waals surface area contributed by atoms with Crippen molar-refractivity contribution in [3.8, 4) is 0 Å². The Morgan fingerprint density at radius 1 is 1.35 bits per heavy atom. The van der Waals surface area contributed by atoms with Gasteiger partial charge in [-0.2, -0.15) is 5.10 Å². The number of alkyl halides is 1. The lowest BCUT2D eigenvalue weighted by atomic mass is 10.1. The van der Waals surface area contributed by atoms with Crippen molar-refractivity contribution >= 4 is 11.8 Å². The van der Waals surface area contributed by atoms with Crippen LogP contribution in [0.5, 0.6) is 0 Å². The number of likely N-dealkylation sites (tertiary alicyclic amines) is 1. The van der Waals surface area contributed by atoms with Gasteiger partial charge >= 0.3 is 0 Å². The van der Waals surface area contributed by atoms with Gasteiger partial charge in [0, 0.05) is 18.0 Å². The van der Waals surface area contributed by atoms with Crippen molar-refractivity contribution in [1.29, 1.82) is 0 Å². The van der Waals surface area contributed by atoms with E-state index in [1.165, 1.54) is 4.90 Å². The van der Waals surface area contributed by atoms with Gasteiger partial charge in [0.05, 0.1) is 12.1 Å². The van der Waals surface area contributed by atoms with Crippen LogP contribution in [0.1, 0.15) is 62.1 Å². The Bertz CT molecular complexity index is 645. The van der Waals surface area contributed by atoms with Crippen molar-refractivity contribution in [1.82, 2.24) is 14.7 Å². The van der Waals surface area contributed by atoms with Gasteiger partial charge < -0.3 is 10.6 Å². The zero-order valence-corrected chi connectivity index (χ0v) is 13.8. The lowest BCUT2D eigenvalue weighted by molar-refractivity contribution is -0.121. The molecular formula is C16H23FN4O2. The molecular weight excluding hydrogens is 299 g/mol. The average Bonchev–Trinajstić information content (AvgIpc) is 3.05. The Labute approximate surface area is 134 Å². The van der Waals surface area contributed by atoms with Crippen LogP contribution < -0.4 is 5.73 Å². The number of hydrogen-bond acceptors (Lipinski definition) is 3. The summed E-state index contributed by atoms with van der Waals surface area (Å²) >= 11 is 0. The molecule has 1 aliphatic carbocycles. The van der Waals surface area contributed by atoms with E-state index in [0.717, 1.165) is 18.5 Å². The number of carbonyl (C=O) groups is 2. The first kappa shape index (κ1) is 16.0. The first-order valence-electron chi connectivity index (χ1n) is 8.03. The van der Waals surface area contributed by atoms with E-state index in [-0.39, 0.29) is 24.2 Å². The van der Waals surface area contributed by atoms with Crippen molar-refractivity contribution in [2.75, 3.05) is 6.54 Å². The first-order chi connectivity index (χ1) is 10.7. The first-order valence-corrected chi connectivity index (χ1v) is 8.03. The molecule has 1 saturated heterocycles. The lowest BCUT2D eigenvalue weighted by Crippen LogP contribution is -2.44. The molecule has 23 heavy (non-hydrogen) atoms. The van der Waals surface area contributed by atoms with Crippen LogP contribution in [-0.2, 0) is 10.3 Å². The standard InChI is InChI=1S/C16H23FN4O2/c1-16(2,3)21-12(9-4-5-9)7-11(19-21)15(23)20-8-10(17)6-13(20)14(18)22/h7,9-10,13H,4-6,8H2,1-3H3,(H2,18,22)/t10-,13+/m1/s1. The number of nitrogens with two attached hydrogens (primary N) is 1. The molecule has 7 heteroatoms. The zero-order valence-electron chi connectivity index (χ0n) is 13.8. The molecule has 1 aliphatic heterocycles. The summed E-state index contributed by atoms with van der Waals surface area (Å²) in [6.07, 6.45) is 0.936. The number of carbonyl (C=O) groups excluding carboxylic acids is 2.